The van der Waals surface area contributed by atoms with Gasteiger partial charge in [-0.15, -0.1) is 0 Å². The second kappa shape index (κ2) is 6.45. The largest absolute Gasteiger partial charge is 0.490 e. The second-order valence-electron chi connectivity index (χ2n) is 7.79. The fourth-order valence-electron chi connectivity index (χ4n) is 5.01. The zero-order chi connectivity index (χ0) is 16.6. The van der Waals surface area contributed by atoms with E-state index in [4.69, 9.17) is 4.74 Å². The highest BCUT2D eigenvalue weighted by molar-refractivity contribution is 5.35. The van der Waals surface area contributed by atoms with Crippen molar-refractivity contribution in [2.75, 3.05) is 0 Å². The monoisotopic (exact) mass is 334 g/mol. The highest BCUT2D eigenvalue weighted by Crippen LogP contribution is 2.44. The van der Waals surface area contributed by atoms with E-state index in [0.29, 0.717) is 18.2 Å². The average molecular weight is 334 g/mol. The molecule has 0 radical (unpaired) electrons. The zero-order valence-corrected chi connectivity index (χ0v) is 14.7. The lowest BCUT2D eigenvalue weighted by Gasteiger charge is -2.36. The minimum Gasteiger partial charge on any atom is -0.490 e. The number of ether oxygens (including phenoxy) is 1. The summed E-state index contributed by atoms with van der Waals surface area (Å²) in [6.07, 6.45) is 11.0. The van der Waals surface area contributed by atoms with Crippen molar-refractivity contribution >= 4 is 0 Å². The van der Waals surface area contributed by atoms with Crippen molar-refractivity contribution in [2.24, 2.45) is 0 Å². The molecule has 1 aliphatic carbocycles. The summed E-state index contributed by atoms with van der Waals surface area (Å²) >= 11 is 0. The van der Waals surface area contributed by atoms with E-state index in [9.17, 15) is 0 Å². The molecule has 2 aliphatic heterocycles. The third-order valence-electron chi connectivity index (χ3n) is 6.28. The van der Waals surface area contributed by atoms with Crippen LogP contribution in [0.15, 0.2) is 42.6 Å². The van der Waals surface area contributed by atoms with Gasteiger partial charge in [-0.2, -0.15) is 0 Å². The van der Waals surface area contributed by atoms with E-state index >= 15 is 0 Å². The number of nitrogens with zero attached hydrogens (tertiary/aromatic N) is 2. The molecule has 25 heavy (non-hydrogen) atoms. The van der Waals surface area contributed by atoms with E-state index in [-0.39, 0.29) is 0 Å². The predicted octanol–water partition coefficient (Wildman–Crippen LogP) is 4.66. The lowest BCUT2D eigenvalue weighted by molar-refractivity contribution is 0.158. The van der Waals surface area contributed by atoms with Gasteiger partial charge in [0.15, 0.2) is 0 Å². The quantitative estimate of drug-likeness (QED) is 0.813. The Balaban J connectivity index is 1.39. The zero-order valence-electron chi connectivity index (χ0n) is 14.7. The van der Waals surface area contributed by atoms with Crippen LogP contribution in [0.1, 0.15) is 61.4 Å². The molecule has 0 amide bonds. The van der Waals surface area contributed by atoms with Gasteiger partial charge in [0.1, 0.15) is 5.75 Å². The summed E-state index contributed by atoms with van der Waals surface area (Å²) in [6.45, 7) is 0.993. The molecule has 1 saturated carbocycles. The molecule has 2 aromatic rings. The molecular formula is C22H26N2O. The van der Waals surface area contributed by atoms with Crippen LogP contribution in [-0.4, -0.2) is 22.0 Å². The van der Waals surface area contributed by atoms with Crippen molar-refractivity contribution in [3.8, 4) is 5.75 Å². The Morgan fingerprint density at radius 3 is 2.80 bits per heavy atom. The van der Waals surface area contributed by atoms with Crippen LogP contribution in [-0.2, 0) is 13.0 Å². The number of aromatic nitrogens is 1. The first-order chi connectivity index (χ1) is 12.4. The molecule has 3 heterocycles. The van der Waals surface area contributed by atoms with Crippen molar-refractivity contribution < 1.29 is 4.74 Å². The Bertz CT molecular complexity index is 753. The maximum Gasteiger partial charge on any atom is 0.124 e. The van der Waals surface area contributed by atoms with Crippen LogP contribution in [0.5, 0.6) is 5.75 Å². The van der Waals surface area contributed by atoms with Crippen LogP contribution in [0.3, 0.4) is 0 Å². The Labute approximate surface area is 150 Å². The molecule has 2 unspecified atom stereocenters. The summed E-state index contributed by atoms with van der Waals surface area (Å²) in [5.74, 6) is 1.10. The summed E-state index contributed by atoms with van der Waals surface area (Å²) < 4.78 is 6.37. The highest BCUT2D eigenvalue weighted by Gasteiger charge is 2.40. The smallest absolute Gasteiger partial charge is 0.124 e. The third kappa shape index (κ3) is 2.85. The predicted molar refractivity (Wildman–Crippen MR) is 98.6 cm³/mol. The van der Waals surface area contributed by atoms with Gasteiger partial charge < -0.3 is 4.74 Å². The van der Waals surface area contributed by atoms with Gasteiger partial charge in [0.05, 0.1) is 6.10 Å². The number of para-hydroxylation sites is 1. The standard InChI is InChI=1S/C22H26N2O/c1-4-10-22(25-18-7-2-3-8-18)16(6-1)15-24-17-11-12-21(24)19-9-5-13-23-20(19)14-17/h1,4-6,9-10,13,17-18,21H,2-3,7-8,11-12,14-15H2. The maximum absolute atomic E-state index is 6.37. The molecule has 1 aromatic heterocycles. The molecular weight excluding hydrogens is 308 g/mol. The minimum atomic E-state index is 0.421. The first-order valence-electron chi connectivity index (χ1n) is 9.82. The first-order valence-corrected chi connectivity index (χ1v) is 9.82. The molecule has 0 N–H and O–H groups in total. The van der Waals surface area contributed by atoms with Gasteiger partial charge in [-0.25, -0.2) is 0 Å². The van der Waals surface area contributed by atoms with Crippen LogP contribution in [0.4, 0.5) is 0 Å². The van der Waals surface area contributed by atoms with Crippen LogP contribution in [0.2, 0.25) is 0 Å². The summed E-state index contributed by atoms with van der Waals surface area (Å²) in [6, 6.07) is 14.2. The van der Waals surface area contributed by atoms with Crippen LogP contribution < -0.4 is 4.74 Å². The molecule has 2 fully saturated rings. The summed E-state index contributed by atoms with van der Waals surface area (Å²) in [5.41, 5.74) is 4.12. The second-order valence-corrected chi connectivity index (χ2v) is 7.79. The first kappa shape index (κ1) is 15.4. The van der Waals surface area contributed by atoms with Gasteiger partial charge in [0.25, 0.3) is 0 Å². The number of benzene rings is 1. The van der Waals surface area contributed by atoms with Crippen molar-refractivity contribution in [1.82, 2.24) is 9.88 Å². The number of rotatable bonds is 4. The van der Waals surface area contributed by atoms with Crippen molar-refractivity contribution in [3.05, 3.63) is 59.4 Å². The molecule has 3 nitrogen and oxygen atoms in total. The van der Waals surface area contributed by atoms with E-state index in [1.54, 1.807) is 0 Å². The Morgan fingerprint density at radius 2 is 1.88 bits per heavy atom. The molecule has 130 valence electrons. The minimum absolute atomic E-state index is 0.421. The van der Waals surface area contributed by atoms with Crippen molar-refractivity contribution in [2.45, 2.75) is 69.7 Å². The van der Waals surface area contributed by atoms with Gasteiger partial charge in [-0.3, -0.25) is 9.88 Å². The summed E-state index contributed by atoms with van der Waals surface area (Å²) in [7, 11) is 0. The number of fused-ring (bicyclic) bond motifs is 4. The lowest BCUT2D eigenvalue weighted by atomic mass is 9.97. The van der Waals surface area contributed by atoms with Crippen molar-refractivity contribution in [3.63, 3.8) is 0 Å². The molecule has 0 spiro atoms. The van der Waals surface area contributed by atoms with Gasteiger partial charge in [-0.1, -0.05) is 24.3 Å². The molecule has 3 heteroatoms. The Kier molecular flexibility index (Phi) is 3.97. The van der Waals surface area contributed by atoms with Gasteiger partial charge in [0.2, 0.25) is 0 Å². The van der Waals surface area contributed by atoms with Crippen LogP contribution in [0, 0.1) is 0 Å². The van der Waals surface area contributed by atoms with E-state index in [1.165, 1.54) is 55.3 Å². The van der Waals surface area contributed by atoms with E-state index in [1.807, 2.05) is 6.20 Å². The normalized spacial score (nSPS) is 25.9. The number of hydrogen-bond acceptors (Lipinski definition) is 3. The molecule has 2 bridgehead atoms. The van der Waals surface area contributed by atoms with E-state index < -0.39 is 0 Å². The van der Waals surface area contributed by atoms with E-state index in [0.717, 1.165) is 18.7 Å². The molecule has 5 rings (SSSR count). The molecule has 1 saturated heterocycles. The van der Waals surface area contributed by atoms with Crippen LogP contribution in [0.25, 0.3) is 0 Å². The summed E-state index contributed by atoms with van der Waals surface area (Å²) in [5, 5.41) is 0. The maximum atomic E-state index is 6.37. The SMILES string of the molecule is c1ccc(OC2CCCC2)c(CN2C3CCC2c2cccnc2C3)c1. The van der Waals surface area contributed by atoms with Gasteiger partial charge >= 0.3 is 0 Å². The Morgan fingerprint density at radius 1 is 1.00 bits per heavy atom. The lowest BCUT2D eigenvalue weighted by Crippen LogP contribution is -2.37. The highest BCUT2D eigenvalue weighted by atomic mass is 16.5. The number of hydrogen-bond donors (Lipinski definition) is 0. The fourth-order valence-corrected chi connectivity index (χ4v) is 5.01. The van der Waals surface area contributed by atoms with Gasteiger partial charge in [-0.05, 0) is 56.2 Å². The topological polar surface area (TPSA) is 25.4 Å². The molecule has 3 aliphatic rings. The van der Waals surface area contributed by atoms with Crippen LogP contribution >= 0.6 is 0 Å². The molecule has 1 aromatic carbocycles. The summed E-state index contributed by atoms with van der Waals surface area (Å²) in [4.78, 5) is 7.33. The third-order valence-corrected chi connectivity index (χ3v) is 6.28. The van der Waals surface area contributed by atoms with Crippen molar-refractivity contribution in [1.29, 1.82) is 0 Å². The Hall–Kier alpha value is -1.87. The fraction of sp³-hybridized carbons (Fsp3) is 0.500. The van der Waals surface area contributed by atoms with Gasteiger partial charge in [0, 0.05) is 42.5 Å². The average Bonchev–Trinajstić information content (AvgIpc) is 3.24. The molecule has 2 atom stereocenters. The number of pyridine rings is 1. The van der Waals surface area contributed by atoms with E-state index in [2.05, 4.69) is 46.3 Å².